The predicted octanol–water partition coefficient (Wildman–Crippen LogP) is 1.01. The zero-order chi connectivity index (χ0) is 24.7. The van der Waals surface area contributed by atoms with Crippen LogP contribution in [-0.4, -0.2) is 64.7 Å². The molecule has 0 aromatic heterocycles. The van der Waals surface area contributed by atoms with Gasteiger partial charge in [0.2, 0.25) is 10.0 Å². The zero-order valence-electron chi connectivity index (χ0n) is 18.7. The van der Waals surface area contributed by atoms with Gasteiger partial charge in [-0.3, -0.25) is 9.59 Å². The molecule has 2 N–H and O–H groups in total. The average molecular weight is 496 g/mol. The molecule has 10 nitrogen and oxygen atoms in total. The average Bonchev–Trinajstić information content (AvgIpc) is 2.86. The fraction of sp³-hybridized carbons (Fsp3) is 0.364. The van der Waals surface area contributed by atoms with E-state index < -0.39 is 33.9 Å². The van der Waals surface area contributed by atoms with Crippen molar-refractivity contribution in [3.63, 3.8) is 0 Å². The Kier molecular flexibility index (Phi) is 8.42. The highest BCUT2D eigenvalue weighted by atomic mass is 32.2. The second kappa shape index (κ2) is 11.3. The van der Waals surface area contributed by atoms with E-state index in [2.05, 4.69) is 10.6 Å². The van der Waals surface area contributed by atoms with Crippen LogP contribution in [0.15, 0.2) is 47.4 Å². The van der Waals surface area contributed by atoms with Gasteiger partial charge in [0.1, 0.15) is 12.0 Å². The molecular formula is C22H26FN3O7S. The first kappa shape index (κ1) is 25.4. The molecule has 12 heteroatoms. The van der Waals surface area contributed by atoms with E-state index >= 15 is 0 Å². The number of sulfonamides is 1. The van der Waals surface area contributed by atoms with Crippen LogP contribution in [0.3, 0.4) is 0 Å². The Morgan fingerprint density at radius 1 is 1.06 bits per heavy atom. The van der Waals surface area contributed by atoms with Crippen LogP contribution in [-0.2, 0) is 30.9 Å². The van der Waals surface area contributed by atoms with Crippen LogP contribution in [0.4, 0.5) is 4.39 Å². The standard InChI is InChI=1S/C22H26FN3O7S/c1-31-18-9-8-17(12-19(18)32-2)34(29,30)26-10-3-11-33-20(26)14-25-22(28)21(27)24-13-15-4-6-16(23)7-5-15/h4-9,12,20H,3,10-11,13-14H2,1-2H3,(H,24,27)(H,25,28)/t20-/m0/s1. The van der Waals surface area contributed by atoms with Crippen molar-refractivity contribution in [2.75, 3.05) is 33.9 Å². The van der Waals surface area contributed by atoms with Gasteiger partial charge in [0.25, 0.3) is 0 Å². The Morgan fingerprint density at radius 2 is 1.74 bits per heavy atom. The van der Waals surface area contributed by atoms with Crippen molar-refractivity contribution >= 4 is 21.8 Å². The monoisotopic (exact) mass is 495 g/mol. The maximum Gasteiger partial charge on any atom is 0.309 e. The Bertz CT molecular complexity index is 1130. The highest BCUT2D eigenvalue weighted by Crippen LogP contribution is 2.31. The number of carbonyl (C=O) groups is 2. The third kappa shape index (κ3) is 6.01. The smallest absolute Gasteiger partial charge is 0.309 e. The first-order chi connectivity index (χ1) is 16.3. The Morgan fingerprint density at radius 3 is 2.41 bits per heavy atom. The molecule has 3 rings (SSSR count). The first-order valence-corrected chi connectivity index (χ1v) is 11.9. The van der Waals surface area contributed by atoms with Crippen LogP contribution < -0.4 is 20.1 Å². The minimum Gasteiger partial charge on any atom is -0.493 e. The van der Waals surface area contributed by atoms with E-state index in [1.165, 1.54) is 56.7 Å². The van der Waals surface area contributed by atoms with E-state index in [9.17, 15) is 22.4 Å². The number of rotatable bonds is 8. The summed E-state index contributed by atoms with van der Waals surface area (Å²) in [4.78, 5) is 24.3. The van der Waals surface area contributed by atoms with Gasteiger partial charge in [-0.15, -0.1) is 0 Å². The molecule has 1 atom stereocenters. The van der Waals surface area contributed by atoms with Crippen molar-refractivity contribution in [3.05, 3.63) is 53.8 Å². The molecule has 0 unspecified atom stereocenters. The predicted molar refractivity (Wildman–Crippen MR) is 119 cm³/mol. The molecule has 34 heavy (non-hydrogen) atoms. The number of nitrogens with zero attached hydrogens (tertiary/aromatic N) is 1. The molecule has 184 valence electrons. The molecule has 0 bridgehead atoms. The van der Waals surface area contributed by atoms with Crippen LogP contribution in [0, 0.1) is 5.82 Å². The number of amides is 2. The lowest BCUT2D eigenvalue weighted by Gasteiger charge is -2.34. The number of methoxy groups -OCH3 is 2. The summed E-state index contributed by atoms with van der Waals surface area (Å²) < 4.78 is 56.5. The molecule has 1 saturated heterocycles. The summed E-state index contributed by atoms with van der Waals surface area (Å²) in [5.41, 5.74) is 0.616. The largest absolute Gasteiger partial charge is 0.493 e. The van der Waals surface area contributed by atoms with Crippen molar-refractivity contribution in [1.82, 2.24) is 14.9 Å². The highest BCUT2D eigenvalue weighted by Gasteiger charge is 2.35. The highest BCUT2D eigenvalue weighted by molar-refractivity contribution is 7.89. The number of carbonyl (C=O) groups excluding carboxylic acids is 2. The maximum absolute atomic E-state index is 13.3. The summed E-state index contributed by atoms with van der Waals surface area (Å²) in [6.07, 6.45) is -0.532. The molecule has 1 fully saturated rings. The number of hydrogen-bond acceptors (Lipinski definition) is 7. The first-order valence-electron chi connectivity index (χ1n) is 10.4. The van der Waals surface area contributed by atoms with E-state index in [4.69, 9.17) is 14.2 Å². The van der Waals surface area contributed by atoms with Crippen LogP contribution in [0.1, 0.15) is 12.0 Å². The lowest BCUT2D eigenvalue weighted by molar-refractivity contribution is -0.140. The van der Waals surface area contributed by atoms with Crippen LogP contribution in [0.5, 0.6) is 11.5 Å². The van der Waals surface area contributed by atoms with Crippen molar-refractivity contribution in [2.45, 2.75) is 24.1 Å². The second-order valence-corrected chi connectivity index (χ2v) is 9.22. The molecule has 2 aromatic rings. The molecule has 2 amide bonds. The van der Waals surface area contributed by atoms with E-state index in [-0.39, 0.29) is 30.3 Å². The van der Waals surface area contributed by atoms with E-state index in [1.807, 2.05) is 0 Å². The van der Waals surface area contributed by atoms with E-state index in [0.717, 1.165) is 4.31 Å². The normalized spacial score (nSPS) is 16.5. The third-order valence-electron chi connectivity index (χ3n) is 5.13. The summed E-state index contributed by atoms with van der Waals surface area (Å²) in [5.74, 6) is -1.63. The van der Waals surface area contributed by atoms with Crippen molar-refractivity contribution in [1.29, 1.82) is 0 Å². The molecule has 0 radical (unpaired) electrons. The number of hydrogen-bond donors (Lipinski definition) is 2. The van der Waals surface area contributed by atoms with Gasteiger partial charge in [-0.25, -0.2) is 12.8 Å². The Labute approximate surface area is 197 Å². The zero-order valence-corrected chi connectivity index (χ0v) is 19.6. The van der Waals surface area contributed by atoms with Gasteiger partial charge in [-0.1, -0.05) is 12.1 Å². The van der Waals surface area contributed by atoms with Crippen molar-refractivity contribution < 1.29 is 36.6 Å². The SMILES string of the molecule is COc1ccc(S(=O)(=O)N2CCCO[C@H]2CNC(=O)C(=O)NCc2ccc(F)cc2)cc1OC. The van der Waals surface area contributed by atoms with Gasteiger partial charge < -0.3 is 24.8 Å². The fourth-order valence-electron chi connectivity index (χ4n) is 3.34. The van der Waals surface area contributed by atoms with E-state index in [0.29, 0.717) is 24.3 Å². The summed E-state index contributed by atoms with van der Waals surface area (Å²) in [6.45, 7) is 0.283. The van der Waals surface area contributed by atoms with Gasteiger partial charge in [-0.2, -0.15) is 4.31 Å². The van der Waals surface area contributed by atoms with Crippen molar-refractivity contribution in [3.8, 4) is 11.5 Å². The molecule has 1 heterocycles. The van der Waals surface area contributed by atoms with Crippen molar-refractivity contribution in [2.24, 2.45) is 0 Å². The Hall–Kier alpha value is -3.22. The maximum atomic E-state index is 13.3. The number of halogens is 1. The summed E-state index contributed by atoms with van der Waals surface area (Å²) >= 11 is 0. The lowest BCUT2D eigenvalue weighted by atomic mass is 10.2. The summed E-state index contributed by atoms with van der Waals surface area (Å²) in [6, 6.07) is 9.69. The third-order valence-corrected chi connectivity index (χ3v) is 7.01. The fourth-order valence-corrected chi connectivity index (χ4v) is 4.92. The van der Waals surface area contributed by atoms with Crippen LogP contribution in [0.25, 0.3) is 0 Å². The molecule has 0 saturated carbocycles. The van der Waals surface area contributed by atoms with E-state index in [1.54, 1.807) is 0 Å². The molecule has 0 aliphatic carbocycles. The lowest BCUT2D eigenvalue weighted by Crippen LogP contribution is -2.53. The summed E-state index contributed by atoms with van der Waals surface area (Å²) in [5, 5.41) is 4.83. The number of benzene rings is 2. The second-order valence-electron chi connectivity index (χ2n) is 7.33. The minimum atomic E-state index is -4.00. The van der Waals surface area contributed by atoms with Crippen LogP contribution >= 0.6 is 0 Å². The molecule has 0 spiro atoms. The summed E-state index contributed by atoms with van der Waals surface area (Å²) in [7, 11) is -1.15. The molecule has 1 aliphatic heterocycles. The molecule has 2 aromatic carbocycles. The van der Waals surface area contributed by atoms with Gasteiger partial charge in [0.15, 0.2) is 11.5 Å². The van der Waals surface area contributed by atoms with Gasteiger partial charge in [-0.05, 0) is 36.2 Å². The van der Waals surface area contributed by atoms with Gasteiger partial charge in [0.05, 0.1) is 32.3 Å². The minimum absolute atomic E-state index is 0.0241. The number of nitrogens with one attached hydrogen (secondary N) is 2. The molecule has 1 aliphatic rings. The quantitative estimate of drug-likeness (QED) is 0.524. The van der Waals surface area contributed by atoms with Gasteiger partial charge in [0, 0.05) is 19.2 Å². The van der Waals surface area contributed by atoms with Crippen LogP contribution in [0.2, 0.25) is 0 Å². The Balaban J connectivity index is 1.63. The topological polar surface area (TPSA) is 123 Å². The molecular weight excluding hydrogens is 469 g/mol. The van der Waals surface area contributed by atoms with Gasteiger partial charge >= 0.3 is 11.8 Å². The number of ether oxygens (including phenoxy) is 3.